The van der Waals surface area contributed by atoms with Gasteiger partial charge in [-0.3, -0.25) is 11.3 Å². The zero-order valence-electron chi connectivity index (χ0n) is 12.9. The normalized spacial score (nSPS) is 14.0. The smallest absolute Gasteiger partial charge is 0.128 e. The minimum absolute atomic E-state index is 0.132. The largest absolute Gasteiger partial charge is 0.271 e. The van der Waals surface area contributed by atoms with Gasteiger partial charge in [0.05, 0.1) is 6.04 Å². The zero-order chi connectivity index (χ0) is 15.4. The van der Waals surface area contributed by atoms with Crippen molar-refractivity contribution in [1.82, 2.24) is 5.43 Å². The van der Waals surface area contributed by atoms with Gasteiger partial charge in [-0.1, -0.05) is 43.3 Å². The van der Waals surface area contributed by atoms with Crippen LogP contribution in [-0.2, 0) is 0 Å². The molecule has 2 atom stereocenters. The molecule has 0 saturated heterocycles. The van der Waals surface area contributed by atoms with Crippen molar-refractivity contribution < 1.29 is 4.39 Å². The number of benzene rings is 2. The van der Waals surface area contributed by atoms with Gasteiger partial charge in [-0.05, 0) is 43.0 Å². The number of halogens is 1. The zero-order valence-corrected chi connectivity index (χ0v) is 12.9. The van der Waals surface area contributed by atoms with E-state index in [9.17, 15) is 4.39 Å². The van der Waals surface area contributed by atoms with E-state index in [-0.39, 0.29) is 17.8 Å². The lowest BCUT2D eigenvalue weighted by atomic mass is 9.83. The highest BCUT2D eigenvalue weighted by atomic mass is 19.1. The Morgan fingerprint density at radius 2 is 1.81 bits per heavy atom. The van der Waals surface area contributed by atoms with Gasteiger partial charge in [0, 0.05) is 11.5 Å². The molecule has 2 aromatic rings. The number of nitrogens with one attached hydrogen (secondary N) is 1. The molecular formula is C18H23FN2. The molecule has 21 heavy (non-hydrogen) atoms. The van der Waals surface area contributed by atoms with E-state index in [2.05, 4.69) is 24.5 Å². The Balaban J connectivity index is 2.48. The van der Waals surface area contributed by atoms with Crippen LogP contribution in [0.1, 0.15) is 47.6 Å². The van der Waals surface area contributed by atoms with Crippen molar-refractivity contribution in [1.29, 1.82) is 0 Å². The average Bonchev–Trinajstić information content (AvgIpc) is 2.46. The van der Waals surface area contributed by atoms with Crippen LogP contribution in [0.5, 0.6) is 0 Å². The topological polar surface area (TPSA) is 38.0 Å². The van der Waals surface area contributed by atoms with E-state index in [4.69, 9.17) is 5.84 Å². The molecule has 0 aliphatic carbocycles. The molecule has 0 amide bonds. The van der Waals surface area contributed by atoms with E-state index < -0.39 is 0 Å². The van der Waals surface area contributed by atoms with Gasteiger partial charge < -0.3 is 0 Å². The molecule has 0 aliphatic rings. The summed E-state index contributed by atoms with van der Waals surface area (Å²) in [6, 6.07) is 13.5. The second-order valence-electron chi connectivity index (χ2n) is 5.55. The molecular weight excluding hydrogens is 263 g/mol. The molecule has 0 heterocycles. The third kappa shape index (κ3) is 3.31. The summed E-state index contributed by atoms with van der Waals surface area (Å²) in [4.78, 5) is 0. The summed E-state index contributed by atoms with van der Waals surface area (Å²) < 4.78 is 14.5. The maximum Gasteiger partial charge on any atom is 0.128 e. The van der Waals surface area contributed by atoms with Crippen molar-refractivity contribution in [3.05, 3.63) is 70.5 Å². The van der Waals surface area contributed by atoms with Crippen molar-refractivity contribution >= 4 is 0 Å². The summed E-state index contributed by atoms with van der Waals surface area (Å²) in [5.74, 6) is 5.72. The highest BCUT2D eigenvalue weighted by Crippen LogP contribution is 2.36. The number of rotatable bonds is 5. The van der Waals surface area contributed by atoms with E-state index in [1.54, 1.807) is 6.07 Å². The first-order valence-electron chi connectivity index (χ1n) is 7.36. The van der Waals surface area contributed by atoms with Crippen molar-refractivity contribution in [3.8, 4) is 0 Å². The monoisotopic (exact) mass is 286 g/mol. The minimum atomic E-state index is -0.238. The van der Waals surface area contributed by atoms with Gasteiger partial charge in [0.1, 0.15) is 5.82 Å². The first-order valence-corrected chi connectivity index (χ1v) is 7.36. The Hall–Kier alpha value is -1.71. The molecule has 2 aromatic carbocycles. The highest BCUT2D eigenvalue weighted by molar-refractivity contribution is 5.37. The van der Waals surface area contributed by atoms with Crippen LogP contribution >= 0.6 is 0 Å². The quantitative estimate of drug-likeness (QED) is 0.640. The van der Waals surface area contributed by atoms with Crippen LogP contribution in [0.3, 0.4) is 0 Å². The van der Waals surface area contributed by atoms with Crippen molar-refractivity contribution in [3.63, 3.8) is 0 Å². The summed E-state index contributed by atoms with van der Waals surface area (Å²) in [6.07, 6.45) is 0.881. The summed E-state index contributed by atoms with van der Waals surface area (Å²) in [6.45, 7) is 5.94. The molecule has 2 unspecified atom stereocenters. The Bertz CT molecular complexity index is 572. The van der Waals surface area contributed by atoms with Crippen molar-refractivity contribution in [2.75, 3.05) is 0 Å². The SMILES string of the molecule is CCC(c1ccccc1)C(NN)c1c(C)cc(C)cc1F. The van der Waals surface area contributed by atoms with E-state index in [1.807, 2.05) is 38.1 Å². The molecule has 3 N–H and O–H groups in total. The van der Waals surface area contributed by atoms with Crippen LogP contribution in [0.25, 0.3) is 0 Å². The van der Waals surface area contributed by atoms with Crippen LogP contribution in [0.2, 0.25) is 0 Å². The fraction of sp³-hybridized carbons (Fsp3) is 0.333. The lowest BCUT2D eigenvalue weighted by molar-refractivity contribution is 0.425. The van der Waals surface area contributed by atoms with Gasteiger partial charge in [-0.15, -0.1) is 0 Å². The molecule has 112 valence electrons. The number of hydrogen-bond acceptors (Lipinski definition) is 2. The number of hydrogen-bond donors (Lipinski definition) is 2. The van der Waals surface area contributed by atoms with Crippen LogP contribution in [-0.4, -0.2) is 0 Å². The molecule has 0 bridgehead atoms. The summed E-state index contributed by atoms with van der Waals surface area (Å²) in [5.41, 5.74) is 6.53. The second kappa shape index (κ2) is 6.83. The van der Waals surface area contributed by atoms with Crippen LogP contribution < -0.4 is 11.3 Å². The van der Waals surface area contributed by atoms with Crippen LogP contribution in [0.15, 0.2) is 42.5 Å². The maximum absolute atomic E-state index is 14.5. The molecule has 0 fully saturated rings. The van der Waals surface area contributed by atoms with E-state index >= 15 is 0 Å². The van der Waals surface area contributed by atoms with Crippen molar-refractivity contribution in [2.45, 2.75) is 39.2 Å². The molecule has 0 aromatic heterocycles. The Kier molecular flexibility index (Phi) is 5.10. The molecule has 2 rings (SSSR count). The Morgan fingerprint density at radius 3 is 2.33 bits per heavy atom. The van der Waals surface area contributed by atoms with Crippen LogP contribution in [0, 0.1) is 19.7 Å². The van der Waals surface area contributed by atoms with Gasteiger partial charge in [-0.2, -0.15) is 0 Å². The highest BCUT2D eigenvalue weighted by Gasteiger charge is 2.26. The first kappa shape index (κ1) is 15.7. The predicted molar refractivity (Wildman–Crippen MR) is 85.4 cm³/mol. The Morgan fingerprint density at radius 1 is 1.14 bits per heavy atom. The molecule has 0 radical (unpaired) electrons. The molecule has 3 heteroatoms. The van der Waals surface area contributed by atoms with Crippen molar-refractivity contribution in [2.24, 2.45) is 5.84 Å². The molecule has 0 spiro atoms. The van der Waals surface area contributed by atoms with Gasteiger partial charge in [0.25, 0.3) is 0 Å². The summed E-state index contributed by atoms with van der Waals surface area (Å²) >= 11 is 0. The summed E-state index contributed by atoms with van der Waals surface area (Å²) in [5, 5.41) is 0. The molecule has 0 aliphatic heterocycles. The van der Waals surface area contributed by atoms with E-state index in [1.165, 1.54) is 5.56 Å². The molecule has 0 saturated carbocycles. The Labute approximate surface area is 126 Å². The standard InChI is InChI=1S/C18H23FN2/c1-4-15(14-8-6-5-7-9-14)18(21-20)17-13(3)10-12(2)11-16(17)19/h5-11,15,18,21H,4,20H2,1-3H3. The number of aryl methyl sites for hydroxylation is 2. The summed E-state index contributed by atoms with van der Waals surface area (Å²) in [7, 11) is 0. The maximum atomic E-state index is 14.5. The van der Waals surface area contributed by atoms with Crippen LogP contribution in [0.4, 0.5) is 4.39 Å². The van der Waals surface area contributed by atoms with Gasteiger partial charge in [0.15, 0.2) is 0 Å². The van der Waals surface area contributed by atoms with Gasteiger partial charge >= 0.3 is 0 Å². The lowest BCUT2D eigenvalue weighted by Crippen LogP contribution is -2.33. The van der Waals surface area contributed by atoms with Gasteiger partial charge in [-0.25, -0.2) is 4.39 Å². The average molecular weight is 286 g/mol. The minimum Gasteiger partial charge on any atom is -0.271 e. The van der Waals surface area contributed by atoms with Gasteiger partial charge in [0.2, 0.25) is 0 Å². The third-order valence-corrected chi connectivity index (χ3v) is 4.04. The fourth-order valence-corrected chi connectivity index (χ4v) is 3.09. The number of hydrazine groups is 1. The molecule has 2 nitrogen and oxygen atoms in total. The fourth-order valence-electron chi connectivity index (χ4n) is 3.09. The van der Waals surface area contributed by atoms with E-state index in [0.29, 0.717) is 5.56 Å². The third-order valence-electron chi connectivity index (χ3n) is 4.04. The van der Waals surface area contributed by atoms with E-state index in [0.717, 1.165) is 17.5 Å². The number of nitrogens with two attached hydrogens (primary N) is 1. The predicted octanol–water partition coefficient (Wildman–Crippen LogP) is 4.14. The first-order chi connectivity index (χ1) is 10.1. The lowest BCUT2D eigenvalue weighted by Gasteiger charge is -2.28. The second-order valence-corrected chi connectivity index (χ2v) is 5.55.